The molecular weight excluding hydrogens is 266 g/mol. The standard InChI is InChI=1S/C12H17N3O5/c1-2-8(16)13-12-14-10(19)7(11(20)15-12)5-3-4-6-9(17)18/h2-6H2,1H3,(H,17,18)(H3,13,14,15,16,19,20). The van der Waals surface area contributed by atoms with E-state index in [1.165, 1.54) is 0 Å². The number of hydrogen-bond acceptors (Lipinski definition) is 5. The molecule has 0 aliphatic rings. The lowest BCUT2D eigenvalue weighted by molar-refractivity contribution is -0.137. The van der Waals surface area contributed by atoms with Gasteiger partial charge in [0.05, 0.1) is 5.56 Å². The molecule has 8 nitrogen and oxygen atoms in total. The number of carboxylic acids is 1. The fraction of sp³-hybridized carbons (Fsp3) is 0.500. The van der Waals surface area contributed by atoms with Gasteiger partial charge in [-0.05, 0) is 19.3 Å². The van der Waals surface area contributed by atoms with Crippen molar-refractivity contribution in [1.82, 2.24) is 9.97 Å². The smallest absolute Gasteiger partial charge is 0.303 e. The van der Waals surface area contributed by atoms with Crippen LogP contribution in [0.25, 0.3) is 0 Å². The largest absolute Gasteiger partial charge is 0.493 e. The predicted octanol–water partition coefficient (Wildman–Crippen LogP) is 0.621. The molecule has 0 unspecified atom stereocenters. The van der Waals surface area contributed by atoms with Crippen LogP contribution in [0.2, 0.25) is 0 Å². The summed E-state index contributed by atoms with van der Waals surface area (Å²) >= 11 is 0. The third-order valence-electron chi connectivity index (χ3n) is 2.64. The van der Waals surface area contributed by atoms with Crippen LogP contribution in [-0.2, 0) is 16.0 Å². The molecule has 1 aromatic heterocycles. The van der Waals surface area contributed by atoms with Crippen molar-refractivity contribution >= 4 is 17.8 Å². The number of unbranched alkanes of at least 4 members (excludes halogenated alkanes) is 1. The molecule has 4 N–H and O–H groups in total. The van der Waals surface area contributed by atoms with Gasteiger partial charge in [-0.25, -0.2) is 0 Å². The van der Waals surface area contributed by atoms with Gasteiger partial charge in [-0.3, -0.25) is 24.7 Å². The summed E-state index contributed by atoms with van der Waals surface area (Å²) in [6.45, 7) is 1.64. The zero-order valence-electron chi connectivity index (χ0n) is 11.1. The van der Waals surface area contributed by atoms with Gasteiger partial charge in [0, 0.05) is 12.8 Å². The lowest BCUT2D eigenvalue weighted by atomic mass is 10.1. The molecule has 0 bridgehead atoms. The Morgan fingerprint density at radius 3 is 2.60 bits per heavy atom. The normalized spacial score (nSPS) is 10.2. The predicted molar refractivity (Wildman–Crippen MR) is 70.6 cm³/mol. The van der Waals surface area contributed by atoms with Gasteiger partial charge in [-0.1, -0.05) is 6.92 Å². The number of carboxylic acid groups (broad SMARTS) is 1. The van der Waals surface area contributed by atoms with Crippen LogP contribution in [0.5, 0.6) is 5.88 Å². The van der Waals surface area contributed by atoms with Gasteiger partial charge in [0.15, 0.2) is 0 Å². The van der Waals surface area contributed by atoms with Crippen molar-refractivity contribution in [3.8, 4) is 5.88 Å². The lowest BCUT2D eigenvalue weighted by Crippen LogP contribution is -2.20. The summed E-state index contributed by atoms with van der Waals surface area (Å²) in [6, 6.07) is 0. The maximum atomic E-state index is 11.7. The molecule has 20 heavy (non-hydrogen) atoms. The third-order valence-corrected chi connectivity index (χ3v) is 2.64. The minimum Gasteiger partial charge on any atom is -0.493 e. The first-order valence-corrected chi connectivity index (χ1v) is 6.27. The van der Waals surface area contributed by atoms with Crippen molar-refractivity contribution in [2.45, 2.75) is 39.0 Å². The SMILES string of the molecule is CCC(=O)Nc1nc(O)c(CCCCC(=O)O)c(=O)[nH]1. The summed E-state index contributed by atoms with van der Waals surface area (Å²) < 4.78 is 0. The highest BCUT2D eigenvalue weighted by Gasteiger charge is 2.12. The number of rotatable bonds is 7. The van der Waals surface area contributed by atoms with Crippen molar-refractivity contribution < 1.29 is 19.8 Å². The molecule has 1 heterocycles. The fourth-order valence-electron chi connectivity index (χ4n) is 1.57. The van der Waals surface area contributed by atoms with E-state index in [1.807, 2.05) is 0 Å². The summed E-state index contributed by atoms with van der Waals surface area (Å²) in [5.41, 5.74) is -0.455. The van der Waals surface area contributed by atoms with Gasteiger partial charge in [0.2, 0.25) is 17.7 Å². The van der Waals surface area contributed by atoms with E-state index in [0.717, 1.165) is 0 Å². The molecule has 0 radical (unpaired) electrons. The Morgan fingerprint density at radius 2 is 2.05 bits per heavy atom. The van der Waals surface area contributed by atoms with E-state index in [2.05, 4.69) is 15.3 Å². The number of aliphatic carboxylic acids is 1. The highest BCUT2D eigenvalue weighted by molar-refractivity contribution is 5.88. The molecule has 0 saturated heterocycles. The molecule has 110 valence electrons. The zero-order chi connectivity index (χ0) is 15.1. The fourth-order valence-corrected chi connectivity index (χ4v) is 1.57. The van der Waals surface area contributed by atoms with Crippen molar-refractivity contribution in [2.24, 2.45) is 0 Å². The average Bonchev–Trinajstić information content (AvgIpc) is 2.36. The van der Waals surface area contributed by atoms with Crippen molar-refractivity contribution in [1.29, 1.82) is 0 Å². The Morgan fingerprint density at radius 1 is 1.35 bits per heavy atom. The van der Waals surface area contributed by atoms with Crippen LogP contribution in [0, 0.1) is 0 Å². The number of nitrogens with zero attached hydrogens (tertiary/aromatic N) is 1. The Bertz CT molecular complexity index is 553. The molecule has 0 spiro atoms. The first-order valence-electron chi connectivity index (χ1n) is 6.27. The van der Waals surface area contributed by atoms with Gasteiger partial charge in [-0.2, -0.15) is 4.98 Å². The van der Waals surface area contributed by atoms with E-state index in [9.17, 15) is 19.5 Å². The van der Waals surface area contributed by atoms with Crippen LogP contribution in [0.4, 0.5) is 5.95 Å². The summed E-state index contributed by atoms with van der Waals surface area (Å²) in [5, 5.41) is 20.5. The number of carbonyl (C=O) groups is 2. The first-order chi connectivity index (χ1) is 9.43. The van der Waals surface area contributed by atoms with Gasteiger partial charge in [0.1, 0.15) is 0 Å². The van der Waals surface area contributed by atoms with E-state index in [-0.39, 0.29) is 36.7 Å². The number of hydrogen-bond donors (Lipinski definition) is 4. The van der Waals surface area contributed by atoms with E-state index in [4.69, 9.17) is 5.11 Å². The number of amides is 1. The number of aromatic hydroxyl groups is 1. The van der Waals surface area contributed by atoms with Crippen molar-refractivity contribution in [3.63, 3.8) is 0 Å². The van der Waals surface area contributed by atoms with Crippen LogP contribution >= 0.6 is 0 Å². The van der Waals surface area contributed by atoms with Gasteiger partial charge < -0.3 is 10.2 Å². The molecule has 0 aromatic carbocycles. The molecule has 1 amide bonds. The van der Waals surface area contributed by atoms with Crippen molar-refractivity contribution in [3.05, 3.63) is 15.9 Å². The second kappa shape index (κ2) is 7.27. The highest BCUT2D eigenvalue weighted by Crippen LogP contribution is 2.14. The Kier molecular flexibility index (Phi) is 5.70. The minimum atomic E-state index is -0.904. The molecule has 8 heteroatoms. The van der Waals surface area contributed by atoms with Crippen molar-refractivity contribution in [2.75, 3.05) is 5.32 Å². The Labute approximate surface area is 114 Å². The summed E-state index contributed by atoms with van der Waals surface area (Å²) in [6.07, 6.45) is 1.31. The second-order valence-electron chi connectivity index (χ2n) is 4.22. The topological polar surface area (TPSA) is 132 Å². The van der Waals surface area contributed by atoms with Crippen LogP contribution in [0.1, 0.15) is 38.2 Å². The summed E-state index contributed by atoms with van der Waals surface area (Å²) in [4.78, 5) is 39.3. The second-order valence-corrected chi connectivity index (χ2v) is 4.22. The first kappa shape index (κ1) is 15.7. The van der Waals surface area contributed by atoms with Gasteiger partial charge in [-0.15, -0.1) is 0 Å². The van der Waals surface area contributed by atoms with Crippen LogP contribution in [-0.4, -0.2) is 32.1 Å². The van der Waals surface area contributed by atoms with Gasteiger partial charge >= 0.3 is 5.97 Å². The zero-order valence-corrected chi connectivity index (χ0v) is 11.1. The van der Waals surface area contributed by atoms with Crippen LogP contribution in [0.15, 0.2) is 4.79 Å². The Balaban J connectivity index is 2.71. The summed E-state index contributed by atoms with van der Waals surface area (Å²) in [5.74, 6) is -1.79. The molecular formula is C12H17N3O5. The quantitative estimate of drug-likeness (QED) is 0.542. The third kappa shape index (κ3) is 4.71. The van der Waals surface area contributed by atoms with Crippen LogP contribution in [0.3, 0.4) is 0 Å². The van der Waals surface area contributed by atoms with E-state index < -0.39 is 17.4 Å². The lowest BCUT2D eigenvalue weighted by Gasteiger charge is -2.06. The van der Waals surface area contributed by atoms with Crippen LogP contribution < -0.4 is 10.9 Å². The monoisotopic (exact) mass is 283 g/mol. The average molecular weight is 283 g/mol. The van der Waals surface area contributed by atoms with E-state index >= 15 is 0 Å². The highest BCUT2D eigenvalue weighted by atomic mass is 16.4. The Hall–Kier alpha value is -2.38. The number of H-pyrrole nitrogens is 1. The molecule has 0 aliphatic heterocycles. The number of anilines is 1. The number of aromatic amines is 1. The molecule has 0 saturated carbocycles. The minimum absolute atomic E-state index is 0.0107. The molecule has 0 aliphatic carbocycles. The van der Waals surface area contributed by atoms with Gasteiger partial charge in [0.25, 0.3) is 5.56 Å². The van der Waals surface area contributed by atoms with E-state index in [0.29, 0.717) is 12.8 Å². The summed E-state index contributed by atoms with van der Waals surface area (Å²) in [7, 11) is 0. The maximum absolute atomic E-state index is 11.7. The number of nitrogens with one attached hydrogen (secondary N) is 2. The number of aromatic nitrogens is 2. The number of carbonyl (C=O) groups excluding carboxylic acids is 1. The molecule has 1 aromatic rings. The maximum Gasteiger partial charge on any atom is 0.303 e. The molecule has 0 fully saturated rings. The van der Waals surface area contributed by atoms with E-state index in [1.54, 1.807) is 6.92 Å². The molecule has 1 rings (SSSR count). The molecule has 0 atom stereocenters.